The zero-order chi connectivity index (χ0) is 11.0. The van der Waals surface area contributed by atoms with Crippen LogP contribution in [0.2, 0.25) is 0 Å². The molecule has 0 bridgehead atoms. The Bertz CT molecular complexity index is 339. The highest BCUT2D eigenvalue weighted by Crippen LogP contribution is 2.22. The predicted octanol–water partition coefficient (Wildman–Crippen LogP) is 2.23. The molecule has 1 aromatic heterocycles. The van der Waals surface area contributed by atoms with Crippen LogP contribution in [0.15, 0.2) is 6.33 Å². The number of rotatable bonds is 2. The van der Waals surface area contributed by atoms with Gasteiger partial charge >= 0.3 is 0 Å². The van der Waals surface area contributed by atoms with E-state index >= 15 is 0 Å². The highest BCUT2D eigenvalue weighted by molar-refractivity contribution is 5.17. The lowest BCUT2D eigenvalue weighted by molar-refractivity contribution is 0.195. The third-order valence-electron chi connectivity index (χ3n) is 3.26. The van der Waals surface area contributed by atoms with Crippen LogP contribution in [0.5, 0.6) is 0 Å². The molecule has 3 nitrogen and oxygen atoms in total. The molecule has 15 heavy (non-hydrogen) atoms. The molecule has 0 saturated heterocycles. The van der Waals surface area contributed by atoms with E-state index in [4.69, 9.17) is 0 Å². The second-order valence-electron chi connectivity index (χ2n) is 4.95. The van der Waals surface area contributed by atoms with Crippen LogP contribution in [0.3, 0.4) is 0 Å². The summed E-state index contributed by atoms with van der Waals surface area (Å²) < 4.78 is 2.31. The molecule has 0 amide bonds. The number of nitrogens with zero attached hydrogens (tertiary/aromatic N) is 3. The lowest BCUT2D eigenvalue weighted by atomic mass is 10.1. The van der Waals surface area contributed by atoms with Gasteiger partial charge in [0.2, 0.25) is 0 Å². The molecule has 1 aliphatic rings. The second-order valence-corrected chi connectivity index (χ2v) is 4.95. The fourth-order valence-corrected chi connectivity index (χ4v) is 2.21. The van der Waals surface area contributed by atoms with Gasteiger partial charge in [0, 0.05) is 31.6 Å². The lowest BCUT2D eigenvalue weighted by Crippen LogP contribution is -2.36. The smallest absolute Gasteiger partial charge is 0.0954 e. The van der Waals surface area contributed by atoms with E-state index < -0.39 is 0 Å². The van der Waals surface area contributed by atoms with Crippen molar-refractivity contribution in [2.45, 2.75) is 52.7 Å². The molecule has 0 fully saturated rings. The van der Waals surface area contributed by atoms with Crippen molar-refractivity contribution < 1.29 is 0 Å². The molecule has 0 unspecified atom stereocenters. The zero-order valence-electron chi connectivity index (χ0n) is 10.2. The van der Waals surface area contributed by atoms with Gasteiger partial charge in [0.1, 0.15) is 0 Å². The molecule has 0 spiro atoms. The Morgan fingerprint density at radius 1 is 1.20 bits per heavy atom. The third-order valence-corrected chi connectivity index (χ3v) is 3.26. The van der Waals surface area contributed by atoms with Crippen molar-refractivity contribution in [3.63, 3.8) is 0 Å². The molecule has 2 heterocycles. The van der Waals surface area contributed by atoms with Crippen molar-refractivity contribution in [1.29, 1.82) is 0 Å². The topological polar surface area (TPSA) is 21.1 Å². The molecule has 0 atom stereocenters. The minimum Gasteiger partial charge on any atom is -0.331 e. The fraction of sp³-hybridized carbons (Fsp3) is 0.750. The summed E-state index contributed by atoms with van der Waals surface area (Å²) >= 11 is 0. The molecule has 0 radical (unpaired) electrons. The average molecular weight is 207 g/mol. The SMILES string of the molecule is CC(C)N1CCc2ncn(C(C)C)c2C1. The third kappa shape index (κ3) is 1.93. The van der Waals surface area contributed by atoms with Crippen LogP contribution < -0.4 is 0 Å². The van der Waals surface area contributed by atoms with Crippen LogP contribution in [0, 0.1) is 0 Å². The Kier molecular flexibility index (Phi) is 2.83. The quantitative estimate of drug-likeness (QED) is 0.741. The van der Waals surface area contributed by atoms with Crippen molar-refractivity contribution in [2.24, 2.45) is 0 Å². The Morgan fingerprint density at radius 2 is 1.93 bits per heavy atom. The summed E-state index contributed by atoms with van der Waals surface area (Å²) in [7, 11) is 0. The van der Waals surface area contributed by atoms with Crippen molar-refractivity contribution in [1.82, 2.24) is 14.5 Å². The van der Waals surface area contributed by atoms with Gasteiger partial charge in [0.15, 0.2) is 0 Å². The molecule has 1 aromatic rings. The summed E-state index contributed by atoms with van der Waals surface area (Å²) in [6.45, 7) is 11.2. The highest BCUT2D eigenvalue weighted by atomic mass is 15.2. The first-order valence-corrected chi connectivity index (χ1v) is 5.88. The van der Waals surface area contributed by atoms with Crippen molar-refractivity contribution in [3.05, 3.63) is 17.7 Å². The van der Waals surface area contributed by atoms with Gasteiger partial charge in [0.25, 0.3) is 0 Å². The monoisotopic (exact) mass is 207 g/mol. The van der Waals surface area contributed by atoms with Gasteiger partial charge in [-0.2, -0.15) is 0 Å². The molecule has 0 N–H and O–H groups in total. The maximum Gasteiger partial charge on any atom is 0.0954 e. The molecular weight excluding hydrogens is 186 g/mol. The van der Waals surface area contributed by atoms with Gasteiger partial charge in [-0.05, 0) is 27.7 Å². The van der Waals surface area contributed by atoms with E-state index in [0.29, 0.717) is 12.1 Å². The van der Waals surface area contributed by atoms with E-state index in [9.17, 15) is 0 Å². The summed E-state index contributed by atoms with van der Waals surface area (Å²) in [4.78, 5) is 7.02. The summed E-state index contributed by atoms with van der Waals surface area (Å²) in [6.07, 6.45) is 3.10. The van der Waals surface area contributed by atoms with Gasteiger partial charge in [0.05, 0.1) is 17.7 Å². The minimum absolute atomic E-state index is 0.522. The minimum atomic E-state index is 0.522. The molecule has 2 rings (SSSR count). The summed E-state index contributed by atoms with van der Waals surface area (Å²) in [5.41, 5.74) is 2.73. The molecule has 3 heteroatoms. The predicted molar refractivity (Wildman–Crippen MR) is 61.9 cm³/mol. The zero-order valence-corrected chi connectivity index (χ0v) is 10.2. The number of aromatic nitrogens is 2. The van der Waals surface area contributed by atoms with Gasteiger partial charge in [-0.3, -0.25) is 4.90 Å². The molecular formula is C12H21N3. The standard InChI is InChI=1S/C12H21N3/c1-9(2)14-6-5-11-12(7-14)15(8-13-11)10(3)4/h8-10H,5-7H2,1-4H3. The van der Waals surface area contributed by atoms with E-state index in [1.807, 2.05) is 6.33 Å². The van der Waals surface area contributed by atoms with Crippen LogP contribution in [-0.4, -0.2) is 27.0 Å². The summed E-state index contributed by atoms with van der Waals surface area (Å²) in [5, 5.41) is 0. The maximum absolute atomic E-state index is 4.51. The van der Waals surface area contributed by atoms with Crippen LogP contribution in [-0.2, 0) is 13.0 Å². The average Bonchev–Trinajstić information content (AvgIpc) is 2.59. The molecule has 0 aliphatic carbocycles. The molecule has 0 aromatic carbocycles. The first kappa shape index (κ1) is 10.7. The van der Waals surface area contributed by atoms with Gasteiger partial charge < -0.3 is 4.57 Å². The Labute approximate surface area is 92.1 Å². The molecule has 0 saturated carbocycles. The van der Waals surface area contributed by atoms with E-state index in [0.717, 1.165) is 19.5 Å². The summed E-state index contributed by atoms with van der Waals surface area (Å²) in [5.74, 6) is 0. The van der Waals surface area contributed by atoms with E-state index in [2.05, 4.69) is 42.1 Å². The number of imidazole rings is 1. The largest absolute Gasteiger partial charge is 0.331 e. The second kappa shape index (κ2) is 3.97. The van der Waals surface area contributed by atoms with Crippen LogP contribution in [0.4, 0.5) is 0 Å². The highest BCUT2D eigenvalue weighted by Gasteiger charge is 2.22. The Hall–Kier alpha value is -0.830. The van der Waals surface area contributed by atoms with Gasteiger partial charge in [-0.1, -0.05) is 0 Å². The molecule has 1 aliphatic heterocycles. The number of hydrogen-bond donors (Lipinski definition) is 0. The van der Waals surface area contributed by atoms with Crippen LogP contribution in [0.25, 0.3) is 0 Å². The first-order valence-electron chi connectivity index (χ1n) is 5.88. The van der Waals surface area contributed by atoms with Gasteiger partial charge in [-0.25, -0.2) is 4.98 Å². The maximum atomic E-state index is 4.51. The fourth-order valence-electron chi connectivity index (χ4n) is 2.21. The van der Waals surface area contributed by atoms with Crippen molar-refractivity contribution >= 4 is 0 Å². The summed E-state index contributed by atoms with van der Waals surface area (Å²) in [6, 6.07) is 1.15. The van der Waals surface area contributed by atoms with Crippen molar-refractivity contribution in [3.8, 4) is 0 Å². The first-order chi connectivity index (χ1) is 7.09. The van der Waals surface area contributed by atoms with Crippen LogP contribution >= 0.6 is 0 Å². The van der Waals surface area contributed by atoms with Crippen LogP contribution in [0.1, 0.15) is 45.1 Å². The Balaban J connectivity index is 2.26. The Morgan fingerprint density at radius 3 is 2.53 bits per heavy atom. The van der Waals surface area contributed by atoms with E-state index in [-0.39, 0.29) is 0 Å². The van der Waals surface area contributed by atoms with E-state index in [1.165, 1.54) is 11.4 Å². The van der Waals surface area contributed by atoms with Gasteiger partial charge in [-0.15, -0.1) is 0 Å². The lowest BCUT2D eigenvalue weighted by Gasteiger charge is -2.31. The normalized spacial score (nSPS) is 17.5. The number of hydrogen-bond acceptors (Lipinski definition) is 2. The number of fused-ring (bicyclic) bond motifs is 1. The molecule has 84 valence electrons. The van der Waals surface area contributed by atoms with E-state index in [1.54, 1.807) is 0 Å². The van der Waals surface area contributed by atoms with Crippen molar-refractivity contribution in [2.75, 3.05) is 6.54 Å².